The third-order valence-electron chi connectivity index (χ3n) is 1.75. The van der Waals surface area contributed by atoms with E-state index >= 15 is 0 Å². The lowest BCUT2D eigenvalue weighted by molar-refractivity contribution is 0.365. The summed E-state index contributed by atoms with van der Waals surface area (Å²) < 4.78 is 9.90. The molecule has 0 radical (unpaired) electrons. The Balaban J connectivity index is 3.11. The summed E-state index contributed by atoms with van der Waals surface area (Å²) >= 11 is 0. The fraction of sp³-hybridized carbons (Fsp3) is 0.200. The Labute approximate surface area is 77.2 Å². The molecule has 0 amide bonds. The first kappa shape index (κ1) is 9.45. The van der Waals surface area contributed by atoms with Gasteiger partial charge in [0.1, 0.15) is 17.3 Å². The SMILES string of the molecule is C=C(OC)c1cc(OC)ccc1O. The summed E-state index contributed by atoms with van der Waals surface area (Å²) in [6, 6.07) is 4.88. The molecule has 0 saturated carbocycles. The van der Waals surface area contributed by atoms with Crippen LogP contribution in [0.1, 0.15) is 5.56 Å². The van der Waals surface area contributed by atoms with Crippen LogP contribution in [-0.4, -0.2) is 19.3 Å². The first-order valence-corrected chi connectivity index (χ1v) is 3.79. The molecular weight excluding hydrogens is 168 g/mol. The van der Waals surface area contributed by atoms with Crippen LogP contribution in [-0.2, 0) is 4.74 Å². The van der Waals surface area contributed by atoms with Gasteiger partial charge in [0, 0.05) is 0 Å². The molecule has 0 aliphatic heterocycles. The number of phenols is 1. The van der Waals surface area contributed by atoms with Gasteiger partial charge in [-0.05, 0) is 18.2 Å². The van der Waals surface area contributed by atoms with E-state index in [4.69, 9.17) is 9.47 Å². The van der Waals surface area contributed by atoms with Crippen molar-refractivity contribution < 1.29 is 14.6 Å². The molecule has 3 heteroatoms. The van der Waals surface area contributed by atoms with E-state index in [1.807, 2.05) is 0 Å². The number of benzene rings is 1. The second-order valence-corrected chi connectivity index (χ2v) is 2.51. The van der Waals surface area contributed by atoms with Crippen LogP contribution in [0.2, 0.25) is 0 Å². The van der Waals surface area contributed by atoms with Crippen LogP contribution in [0.25, 0.3) is 5.76 Å². The quantitative estimate of drug-likeness (QED) is 0.723. The molecule has 0 aliphatic rings. The van der Waals surface area contributed by atoms with Crippen LogP contribution in [0.3, 0.4) is 0 Å². The molecule has 0 saturated heterocycles. The van der Waals surface area contributed by atoms with Crippen LogP contribution >= 0.6 is 0 Å². The zero-order chi connectivity index (χ0) is 9.84. The van der Waals surface area contributed by atoms with Gasteiger partial charge in [0.15, 0.2) is 0 Å². The summed E-state index contributed by atoms with van der Waals surface area (Å²) in [5.74, 6) is 1.20. The maximum absolute atomic E-state index is 9.44. The molecule has 70 valence electrons. The van der Waals surface area contributed by atoms with Gasteiger partial charge in [-0.2, -0.15) is 0 Å². The monoisotopic (exact) mass is 180 g/mol. The molecule has 0 bridgehead atoms. The molecule has 1 aromatic carbocycles. The molecule has 0 fully saturated rings. The molecule has 1 N–H and O–H groups in total. The van der Waals surface area contributed by atoms with Crippen LogP contribution in [0.15, 0.2) is 24.8 Å². The molecular formula is C10H12O3. The normalized spacial score (nSPS) is 9.38. The highest BCUT2D eigenvalue weighted by Crippen LogP contribution is 2.28. The Morgan fingerprint density at radius 3 is 2.62 bits per heavy atom. The molecule has 0 heterocycles. The van der Waals surface area contributed by atoms with Crippen LogP contribution in [0.5, 0.6) is 11.5 Å². The Morgan fingerprint density at radius 2 is 2.08 bits per heavy atom. The van der Waals surface area contributed by atoms with E-state index in [1.165, 1.54) is 7.11 Å². The van der Waals surface area contributed by atoms with Crippen LogP contribution in [0.4, 0.5) is 0 Å². The standard InChI is InChI=1S/C10H12O3/c1-7(12-2)9-6-8(13-3)4-5-10(9)11/h4-6,11H,1H2,2-3H3. The van der Waals surface area contributed by atoms with Crippen molar-refractivity contribution in [2.75, 3.05) is 14.2 Å². The zero-order valence-corrected chi connectivity index (χ0v) is 7.70. The second kappa shape index (κ2) is 3.85. The van der Waals surface area contributed by atoms with Gasteiger partial charge in [-0.3, -0.25) is 0 Å². The van der Waals surface area contributed by atoms with Crippen molar-refractivity contribution in [2.45, 2.75) is 0 Å². The van der Waals surface area contributed by atoms with Gasteiger partial charge < -0.3 is 14.6 Å². The lowest BCUT2D eigenvalue weighted by Gasteiger charge is -2.08. The summed E-state index contributed by atoms with van der Waals surface area (Å²) in [4.78, 5) is 0. The van der Waals surface area contributed by atoms with Gasteiger partial charge in [0.25, 0.3) is 0 Å². The summed E-state index contributed by atoms with van der Waals surface area (Å²) in [7, 11) is 3.06. The minimum Gasteiger partial charge on any atom is -0.507 e. The van der Waals surface area contributed by atoms with Crippen molar-refractivity contribution in [1.29, 1.82) is 0 Å². The summed E-state index contributed by atoms with van der Waals surface area (Å²) in [5, 5.41) is 9.44. The summed E-state index contributed by atoms with van der Waals surface area (Å²) in [6.07, 6.45) is 0. The number of hydrogen-bond donors (Lipinski definition) is 1. The number of methoxy groups -OCH3 is 2. The highest BCUT2D eigenvalue weighted by Gasteiger charge is 2.06. The van der Waals surface area contributed by atoms with Gasteiger partial charge in [-0.1, -0.05) is 6.58 Å². The molecule has 0 spiro atoms. The Bertz CT molecular complexity index is 318. The van der Waals surface area contributed by atoms with E-state index < -0.39 is 0 Å². The van der Waals surface area contributed by atoms with Gasteiger partial charge in [-0.25, -0.2) is 0 Å². The Hall–Kier alpha value is -1.64. The highest BCUT2D eigenvalue weighted by atomic mass is 16.5. The maximum Gasteiger partial charge on any atom is 0.126 e. The Kier molecular flexibility index (Phi) is 2.80. The Morgan fingerprint density at radius 1 is 1.38 bits per heavy atom. The van der Waals surface area contributed by atoms with Crippen molar-refractivity contribution >= 4 is 5.76 Å². The third-order valence-corrected chi connectivity index (χ3v) is 1.75. The maximum atomic E-state index is 9.44. The van der Waals surface area contributed by atoms with Gasteiger partial charge in [0.2, 0.25) is 0 Å². The van der Waals surface area contributed by atoms with E-state index in [0.717, 1.165) is 0 Å². The van der Waals surface area contributed by atoms with Crippen molar-refractivity contribution in [3.8, 4) is 11.5 Å². The summed E-state index contributed by atoms with van der Waals surface area (Å²) in [5.41, 5.74) is 0.543. The number of phenolic OH excluding ortho intramolecular Hbond substituents is 1. The number of hydrogen-bond acceptors (Lipinski definition) is 3. The molecule has 0 aromatic heterocycles. The third kappa shape index (κ3) is 1.93. The fourth-order valence-corrected chi connectivity index (χ4v) is 0.975. The molecule has 0 unspecified atom stereocenters. The first-order valence-electron chi connectivity index (χ1n) is 3.79. The van der Waals surface area contributed by atoms with Gasteiger partial charge in [-0.15, -0.1) is 0 Å². The van der Waals surface area contributed by atoms with E-state index in [0.29, 0.717) is 17.1 Å². The second-order valence-electron chi connectivity index (χ2n) is 2.51. The topological polar surface area (TPSA) is 38.7 Å². The van der Waals surface area contributed by atoms with E-state index in [9.17, 15) is 5.11 Å². The minimum absolute atomic E-state index is 0.132. The smallest absolute Gasteiger partial charge is 0.126 e. The van der Waals surface area contributed by atoms with Gasteiger partial charge >= 0.3 is 0 Å². The van der Waals surface area contributed by atoms with Gasteiger partial charge in [0.05, 0.1) is 19.8 Å². The molecule has 0 atom stereocenters. The molecule has 3 nitrogen and oxygen atoms in total. The van der Waals surface area contributed by atoms with Crippen molar-refractivity contribution in [3.63, 3.8) is 0 Å². The molecule has 1 aromatic rings. The fourth-order valence-electron chi connectivity index (χ4n) is 0.975. The predicted octanol–water partition coefficient (Wildman–Crippen LogP) is 2.02. The van der Waals surface area contributed by atoms with E-state index in [2.05, 4.69) is 6.58 Å². The summed E-state index contributed by atoms with van der Waals surface area (Å²) in [6.45, 7) is 3.64. The zero-order valence-electron chi connectivity index (χ0n) is 7.70. The molecule has 13 heavy (non-hydrogen) atoms. The largest absolute Gasteiger partial charge is 0.507 e. The molecule has 0 aliphatic carbocycles. The molecule has 1 rings (SSSR count). The number of ether oxygens (including phenoxy) is 2. The highest BCUT2D eigenvalue weighted by molar-refractivity contribution is 5.65. The first-order chi connectivity index (χ1) is 6.19. The van der Waals surface area contributed by atoms with Crippen molar-refractivity contribution in [1.82, 2.24) is 0 Å². The van der Waals surface area contributed by atoms with E-state index in [1.54, 1.807) is 25.3 Å². The number of rotatable bonds is 3. The lowest BCUT2D eigenvalue weighted by Crippen LogP contribution is -1.89. The van der Waals surface area contributed by atoms with Crippen molar-refractivity contribution in [2.24, 2.45) is 0 Å². The average molecular weight is 180 g/mol. The predicted molar refractivity (Wildman–Crippen MR) is 50.7 cm³/mol. The lowest BCUT2D eigenvalue weighted by atomic mass is 10.1. The van der Waals surface area contributed by atoms with Crippen molar-refractivity contribution in [3.05, 3.63) is 30.3 Å². The average Bonchev–Trinajstić information content (AvgIpc) is 2.17. The van der Waals surface area contributed by atoms with Crippen LogP contribution in [0, 0.1) is 0 Å². The minimum atomic E-state index is 0.132. The van der Waals surface area contributed by atoms with E-state index in [-0.39, 0.29) is 5.75 Å². The van der Waals surface area contributed by atoms with Crippen LogP contribution < -0.4 is 4.74 Å². The number of aromatic hydroxyl groups is 1.